The molecule has 0 bridgehead atoms. The number of thiazole rings is 1. The SMILES string of the molecule is CCc1csc(N2CCCC(C(=O)O)C2)n1. The van der Waals surface area contributed by atoms with Crippen molar-refractivity contribution in [2.45, 2.75) is 26.2 Å². The van der Waals surface area contributed by atoms with Crippen LogP contribution in [0.1, 0.15) is 25.5 Å². The van der Waals surface area contributed by atoms with Crippen molar-refractivity contribution in [2.24, 2.45) is 5.92 Å². The third-order valence-corrected chi connectivity index (χ3v) is 3.89. The molecule has 0 aliphatic carbocycles. The Bertz CT molecular complexity index is 378. The molecule has 1 aromatic heterocycles. The summed E-state index contributed by atoms with van der Waals surface area (Å²) in [7, 11) is 0. The molecule has 5 heteroatoms. The fraction of sp³-hybridized carbons (Fsp3) is 0.636. The highest BCUT2D eigenvalue weighted by Gasteiger charge is 2.26. The first-order valence-corrected chi connectivity index (χ1v) is 6.50. The number of carbonyl (C=O) groups is 1. The van der Waals surface area contributed by atoms with Crippen molar-refractivity contribution in [1.82, 2.24) is 4.98 Å². The van der Waals surface area contributed by atoms with Gasteiger partial charge in [0, 0.05) is 18.5 Å². The Hall–Kier alpha value is -1.10. The van der Waals surface area contributed by atoms with Crippen molar-refractivity contribution in [3.63, 3.8) is 0 Å². The minimum atomic E-state index is -0.683. The fourth-order valence-corrected chi connectivity index (χ4v) is 2.90. The lowest BCUT2D eigenvalue weighted by atomic mass is 9.99. The molecule has 1 aliphatic rings. The predicted octanol–water partition coefficient (Wildman–Crippen LogP) is 2.01. The third kappa shape index (κ3) is 2.35. The van der Waals surface area contributed by atoms with Gasteiger partial charge in [0.15, 0.2) is 5.13 Å². The van der Waals surface area contributed by atoms with Crippen LogP contribution in [-0.2, 0) is 11.2 Å². The summed E-state index contributed by atoms with van der Waals surface area (Å²) in [6, 6.07) is 0. The number of rotatable bonds is 3. The molecule has 2 heterocycles. The van der Waals surface area contributed by atoms with Crippen LogP contribution in [0, 0.1) is 5.92 Å². The summed E-state index contributed by atoms with van der Waals surface area (Å²) in [5, 5.41) is 12.0. The molecule has 0 aromatic carbocycles. The highest BCUT2D eigenvalue weighted by atomic mass is 32.1. The van der Waals surface area contributed by atoms with E-state index in [0.717, 1.165) is 36.6 Å². The zero-order chi connectivity index (χ0) is 11.5. The van der Waals surface area contributed by atoms with Gasteiger partial charge in [0.2, 0.25) is 0 Å². The summed E-state index contributed by atoms with van der Waals surface area (Å²) in [5.74, 6) is -0.917. The van der Waals surface area contributed by atoms with Crippen LogP contribution in [0.2, 0.25) is 0 Å². The molecule has 2 rings (SSSR count). The lowest BCUT2D eigenvalue weighted by Gasteiger charge is -2.30. The molecule has 4 nitrogen and oxygen atoms in total. The van der Waals surface area contributed by atoms with Gasteiger partial charge in [-0.2, -0.15) is 0 Å². The number of piperidine rings is 1. The quantitative estimate of drug-likeness (QED) is 0.878. The van der Waals surface area contributed by atoms with Gasteiger partial charge in [-0.25, -0.2) is 4.98 Å². The molecule has 0 amide bonds. The van der Waals surface area contributed by atoms with Crippen LogP contribution >= 0.6 is 11.3 Å². The van der Waals surface area contributed by atoms with E-state index in [1.165, 1.54) is 0 Å². The first kappa shape index (κ1) is 11.4. The van der Waals surface area contributed by atoms with Crippen molar-refractivity contribution in [3.8, 4) is 0 Å². The van der Waals surface area contributed by atoms with Gasteiger partial charge in [-0.3, -0.25) is 4.79 Å². The van der Waals surface area contributed by atoms with Gasteiger partial charge in [-0.15, -0.1) is 11.3 Å². The monoisotopic (exact) mass is 240 g/mol. The molecular weight excluding hydrogens is 224 g/mol. The van der Waals surface area contributed by atoms with Crippen LogP contribution in [0.5, 0.6) is 0 Å². The smallest absolute Gasteiger partial charge is 0.308 e. The molecule has 1 aromatic rings. The lowest BCUT2D eigenvalue weighted by molar-refractivity contribution is -0.141. The van der Waals surface area contributed by atoms with Gasteiger partial charge >= 0.3 is 5.97 Å². The second-order valence-corrected chi connectivity index (χ2v) is 4.93. The molecule has 0 saturated carbocycles. The topological polar surface area (TPSA) is 53.4 Å². The maximum absolute atomic E-state index is 10.9. The maximum atomic E-state index is 10.9. The molecule has 0 radical (unpaired) electrons. The van der Waals surface area contributed by atoms with Gasteiger partial charge < -0.3 is 10.0 Å². The minimum Gasteiger partial charge on any atom is -0.481 e. The first-order valence-electron chi connectivity index (χ1n) is 5.63. The standard InChI is InChI=1S/C11H16N2O2S/c1-2-9-7-16-11(12-9)13-5-3-4-8(6-13)10(14)15/h7-8H,2-6H2,1H3,(H,14,15). The Morgan fingerprint density at radius 1 is 1.75 bits per heavy atom. The van der Waals surface area contributed by atoms with Crippen LogP contribution in [0.3, 0.4) is 0 Å². The predicted molar refractivity (Wildman–Crippen MR) is 64.1 cm³/mol. The number of hydrogen-bond donors (Lipinski definition) is 1. The summed E-state index contributed by atoms with van der Waals surface area (Å²) in [4.78, 5) is 17.5. The molecule has 1 aliphatic heterocycles. The number of nitrogens with zero attached hydrogens (tertiary/aromatic N) is 2. The van der Waals surface area contributed by atoms with E-state index in [1.54, 1.807) is 11.3 Å². The average molecular weight is 240 g/mol. The second-order valence-electron chi connectivity index (χ2n) is 4.10. The zero-order valence-corrected chi connectivity index (χ0v) is 10.2. The van der Waals surface area contributed by atoms with E-state index in [1.807, 2.05) is 0 Å². The van der Waals surface area contributed by atoms with Gasteiger partial charge in [0.1, 0.15) is 0 Å². The summed E-state index contributed by atoms with van der Waals surface area (Å²) in [6.07, 6.45) is 2.67. The molecule has 16 heavy (non-hydrogen) atoms. The third-order valence-electron chi connectivity index (χ3n) is 2.94. The second kappa shape index (κ2) is 4.82. The molecule has 88 valence electrons. The van der Waals surface area contributed by atoms with Gasteiger partial charge in [0.25, 0.3) is 0 Å². The van der Waals surface area contributed by atoms with Crippen LogP contribution in [0.15, 0.2) is 5.38 Å². The molecular formula is C11H16N2O2S. The summed E-state index contributed by atoms with van der Waals surface area (Å²) in [5.41, 5.74) is 1.09. The normalized spacial score (nSPS) is 21.1. The molecule has 0 spiro atoms. The van der Waals surface area contributed by atoms with E-state index in [0.29, 0.717) is 6.54 Å². The average Bonchev–Trinajstić information content (AvgIpc) is 2.77. The largest absolute Gasteiger partial charge is 0.481 e. The molecule has 1 unspecified atom stereocenters. The highest BCUT2D eigenvalue weighted by molar-refractivity contribution is 7.13. The van der Waals surface area contributed by atoms with Crippen molar-refractivity contribution < 1.29 is 9.90 Å². The van der Waals surface area contributed by atoms with Crippen molar-refractivity contribution in [3.05, 3.63) is 11.1 Å². The van der Waals surface area contributed by atoms with E-state index in [-0.39, 0.29) is 5.92 Å². The number of aliphatic carboxylic acids is 1. The first-order chi connectivity index (χ1) is 7.70. The summed E-state index contributed by atoms with van der Waals surface area (Å²) < 4.78 is 0. The number of aryl methyl sites for hydroxylation is 1. The summed E-state index contributed by atoms with van der Waals surface area (Å²) >= 11 is 1.62. The zero-order valence-electron chi connectivity index (χ0n) is 9.35. The van der Waals surface area contributed by atoms with Crippen molar-refractivity contribution in [1.29, 1.82) is 0 Å². The van der Waals surface area contributed by atoms with Crippen LogP contribution in [0.25, 0.3) is 0 Å². The van der Waals surface area contributed by atoms with Crippen LogP contribution < -0.4 is 4.90 Å². The summed E-state index contributed by atoms with van der Waals surface area (Å²) in [6.45, 7) is 3.61. The Labute approximate surface area is 98.9 Å². The minimum absolute atomic E-state index is 0.234. The van der Waals surface area contributed by atoms with E-state index >= 15 is 0 Å². The molecule has 1 atom stereocenters. The molecule has 1 fully saturated rings. The van der Waals surface area contributed by atoms with Crippen molar-refractivity contribution >= 4 is 22.4 Å². The Morgan fingerprint density at radius 3 is 3.19 bits per heavy atom. The van der Waals surface area contributed by atoms with E-state index in [4.69, 9.17) is 5.11 Å². The van der Waals surface area contributed by atoms with Gasteiger partial charge in [-0.05, 0) is 19.3 Å². The van der Waals surface area contributed by atoms with E-state index in [9.17, 15) is 4.79 Å². The number of hydrogen-bond acceptors (Lipinski definition) is 4. The highest BCUT2D eigenvalue weighted by Crippen LogP contribution is 2.26. The van der Waals surface area contributed by atoms with Gasteiger partial charge in [0.05, 0.1) is 11.6 Å². The Balaban J connectivity index is 2.06. The Morgan fingerprint density at radius 2 is 2.56 bits per heavy atom. The molecule has 1 saturated heterocycles. The van der Waals surface area contributed by atoms with Crippen molar-refractivity contribution in [2.75, 3.05) is 18.0 Å². The van der Waals surface area contributed by atoms with Crippen LogP contribution in [0.4, 0.5) is 5.13 Å². The fourth-order valence-electron chi connectivity index (χ4n) is 1.96. The lowest BCUT2D eigenvalue weighted by Crippen LogP contribution is -2.38. The maximum Gasteiger partial charge on any atom is 0.308 e. The number of anilines is 1. The Kier molecular flexibility index (Phi) is 3.43. The van der Waals surface area contributed by atoms with E-state index < -0.39 is 5.97 Å². The number of carboxylic acid groups (broad SMARTS) is 1. The molecule has 1 N–H and O–H groups in total. The van der Waals surface area contributed by atoms with Gasteiger partial charge in [-0.1, -0.05) is 6.92 Å². The number of aromatic nitrogens is 1. The van der Waals surface area contributed by atoms with Crippen LogP contribution in [-0.4, -0.2) is 29.1 Å². The number of carboxylic acids is 1. The van der Waals surface area contributed by atoms with E-state index in [2.05, 4.69) is 22.2 Å².